The second kappa shape index (κ2) is 8.90. The molecule has 0 N–H and O–H groups in total. The van der Waals surface area contributed by atoms with Gasteiger partial charge in [0.25, 0.3) is 0 Å². The molecular weight excluding hydrogens is 374 g/mol. The molecule has 0 spiro atoms. The van der Waals surface area contributed by atoms with Crippen molar-refractivity contribution in [3.8, 4) is 5.75 Å². The van der Waals surface area contributed by atoms with Gasteiger partial charge in [0.15, 0.2) is 5.78 Å². The number of hydrogen-bond acceptors (Lipinski definition) is 5. The molecule has 1 aromatic heterocycles. The Kier molecular flexibility index (Phi) is 6.59. The number of benzene rings is 1. The summed E-state index contributed by atoms with van der Waals surface area (Å²) in [5, 5.41) is 0. The molecule has 0 saturated carbocycles. The highest BCUT2D eigenvalue weighted by Gasteiger charge is 2.13. The van der Waals surface area contributed by atoms with Crippen LogP contribution in [0.4, 0.5) is 0 Å². The predicted octanol–water partition coefficient (Wildman–Crippen LogP) is 4.86. The average Bonchev–Trinajstić information content (AvgIpc) is 3.07. The number of carbonyl (C=O) groups is 1. The Morgan fingerprint density at radius 3 is 2.76 bits per heavy atom. The lowest BCUT2D eigenvalue weighted by atomic mass is 10.1. The summed E-state index contributed by atoms with van der Waals surface area (Å²) in [5.74, 6) is 3.23. The highest BCUT2D eigenvalue weighted by Crippen LogP contribution is 2.25. The maximum absolute atomic E-state index is 12.2. The molecule has 0 unspecified atom stereocenters. The number of nitrogens with zero attached hydrogens (tertiary/aromatic N) is 1. The van der Waals surface area contributed by atoms with Crippen LogP contribution in [0.25, 0.3) is 6.08 Å². The quantitative estimate of drug-likeness (QED) is 0.518. The first kappa shape index (κ1) is 18.5. The van der Waals surface area contributed by atoms with Gasteiger partial charge in [-0.1, -0.05) is 23.7 Å². The van der Waals surface area contributed by atoms with Crippen molar-refractivity contribution in [3.05, 3.63) is 56.7 Å². The highest BCUT2D eigenvalue weighted by molar-refractivity contribution is 7.99. The van der Waals surface area contributed by atoms with E-state index >= 15 is 0 Å². The van der Waals surface area contributed by atoms with Crippen LogP contribution < -0.4 is 4.74 Å². The number of hydrogen-bond donors (Lipinski definition) is 0. The summed E-state index contributed by atoms with van der Waals surface area (Å²) in [6.07, 6.45) is 3.45. The summed E-state index contributed by atoms with van der Waals surface area (Å²) >= 11 is 9.19. The van der Waals surface area contributed by atoms with Crippen molar-refractivity contribution < 1.29 is 9.53 Å². The second-order valence-corrected chi connectivity index (χ2v) is 8.70. The number of methoxy groups -OCH3 is 1. The molecule has 0 bridgehead atoms. The lowest BCUT2D eigenvalue weighted by Gasteiger charge is -2.26. The monoisotopic (exact) mass is 393 g/mol. The zero-order valence-corrected chi connectivity index (χ0v) is 16.4. The molecule has 1 fully saturated rings. The number of thioether (sulfide) groups is 1. The van der Waals surface area contributed by atoms with E-state index in [0.717, 1.165) is 36.5 Å². The molecule has 0 amide bonds. The fourth-order valence-corrected chi connectivity index (χ4v) is 4.67. The Bertz CT molecular complexity index is 767. The second-order valence-electron chi connectivity index (χ2n) is 5.76. The van der Waals surface area contributed by atoms with Gasteiger partial charge in [0, 0.05) is 36.7 Å². The standard InChI is InChI=1S/C19H20ClNO2S2/c1-23-17-5-3-14(2-4-16(22)18-6-7-19(20)25-18)12-15(17)13-21-8-10-24-11-9-21/h2-7,12H,8-11,13H2,1H3/b4-2+. The molecule has 0 atom stereocenters. The Hall–Kier alpha value is -1.27. The van der Waals surface area contributed by atoms with Crippen LogP contribution in [-0.4, -0.2) is 42.4 Å². The minimum absolute atomic E-state index is 0.0256. The Morgan fingerprint density at radius 1 is 1.28 bits per heavy atom. The van der Waals surface area contributed by atoms with Crippen LogP contribution >= 0.6 is 34.7 Å². The van der Waals surface area contributed by atoms with E-state index in [1.54, 1.807) is 25.3 Å². The number of ether oxygens (including phenoxy) is 1. The normalized spacial score (nSPS) is 15.6. The number of allylic oxidation sites excluding steroid dienone is 1. The van der Waals surface area contributed by atoms with Crippen LogP contribution in [0.1, 0.15) is 20.8 Å². The predicted molar refractivity (Wildman–Crippen MR) is 108 cm³/mol. The lowest BCUT2D eigenvalue weighted by molar-refractivity contribution is 0.105. The molecule has 2 aromatic rings. The third-order valence-electron chi connectivity index (χ3n) is 4.05. The first-order valence-corrected chi connectivity index (χ1v) is 10.5. The smallest absolute Gasteiger partial charge is 0.195 e. The van der Waals surface area contributed by atoms with Crippen molar-refractivity contribution in [1.82, 2.24) is 4.90 Å². The number of ketones is 1. The Labute approximate surface area is 161 Å². The molecule has 3 rings (SSSR count). The van der Waals surface area contributed by atoms with Crippen molar-refractivity contribution >= 4 is 46.6 Å². The largest absolute Gasteiger partial charge is 0.496 e. The molecular formula is C19H20ClNO2S2. The van der Waals surface area contributed by atoms with Crippen LogP contribution in [0.2, 0.25) is 4.34 Å². The number of rotatable bonds is 6. The Morgan fingerprint density at radius 2 is 2.08 bits per heavy atom. The highest BCUT2D eigenvalue weighted by atomic mass is 35.5. The van der Waals surface area contributed by atoms with Crippen molar-refractivity contribution in [2.45, 2.75) is 6.54 Å². The first-order chi connectivity index (χ1) is 12.2. The summed E-state index contributed by atoms with van der Waals surface area (Å²) in [7, 11) is 1.70. The third-order valence-corrected chi connectivity index (χ3v) is 6.23. The zero-order valence-electron chi connectivity index (χ0n) is 14.0. The summed E-state index contributed by atoms with van der Waals surface area (Å²) in [6.45, 7) is 3.08. The molecule has 6 heteroatoms. The number of thiophene rings is 1. The molecule has 1 aliphatic heterocycles. The maximum Gasteiger partial charge on any atom is 0.195 e. The fourth-order valence-electron chi connectivity index (χ4n) is 2.73. The maximum atomic E-state index is 12.2. The summed E-state index contributed by atoms with van der Waals surface area (Å²) in [4.78, 5) is 15.3. The third kappa shape index (κ3) is 5.11. The van der Waals surface area contributed by atoms with E-state index in [2.05, 4.69) is 11.0 Å². The van der Waals surface area contributed by atoms with Gasteiger partial charge >= 0.3 is 0 Å². The first-order valence-electron chi connectivity index (χ1n) is 8.10. The summed E-state index contributed by atoms with van der Waals surface area (Å²) in [6, 6.07) is 9.55. The van der Waals surface area contributed by atoms with Crippen molar-refractivity contribution in [2.24, 2.45) is 0 Å². The average molecular weight is 394 g/mol. The van der Waals surface area contributed by atoms with E-state index in [4.69, 9.17) is 16.3 Å². The van der Waals surface area contributed by atoms with Gasteiger partial charge in [0.05, 0.1) is 16.3 Å². The molecule has 1 aliphatic rings. The van der Waals surface area contributed by atoms with Gasteiger partial charge in [0.1, 0.15) is 5.75 Å². The Balaban J connectivity index is 1.74. The molecule has 25 heavy (non-hydrogen) atoms. The zero-order chi connectivity index (χ0) is 17.6. The lowest BCUT2D eigenvalue weighted by Crippen LogP contribution is -2.32. The topological polar surface area (TPSA) is 29.5 Å². The van der Waals surface area contributed by atoms with E-state index < -0.39 is 0 Å². The summed E-state index contributed by atoms with van der Waals surface area (Å²) in [5.41, 5.74) is 2.15. The van der Waals surface area contributed by atoms with Gasteiger partial charge in [-0.2, -0.15) is 11.8 Å². The van der Waals surface area contributed by atoms with Crippen LogP contribution in [0.5, 0.6) is 5.75 Å². The fraction of sp³-hybridized carbons (Fsp3) is 0.316. The van der Waals surface area contributed by atoms with Crippen molar-refractivity contribution in [2.75, 3.05) is 31.7 Å². The molecule has 2 heterocycles. The molecule has 3 nitrogen and oxygen atoms in total. The van der Waals surface area contributed by atoms with Crippen molar-refractivity contribution in [1.29, 1.82) is 0 Å². The van der Waals surface area contributed by atoms with Crippen LogP contribution in [0.3, 0.4) is 0 Å². The van der Waals surface area contributed by atoms with Crippen molar-refractivity contribution in [3.63, 3.8) is 0 Å². The molecule has 132 valence electrons. The minimum Gasteiger partial charge on any atom is -0.496 e. The molecule has 1 saturated heterocycles. The van der Waals surface area contributed by atoms with E-state index in [9.17, 15) is 4.79 Å². The van der Waals surface area contributed by atoms with Crippen LogP contribution in [-0.2, 0) is 6.54 Å². The van der Waals surface area contributed by atoms with Crippen LogP contribution in [0, 0.1) is 0 Å². The van der Waals surface area contributed by atoms with E-state index in [1.165, 1.54) is 22.8 Å². The summed E-state index contributed by atoms with van der Waals surface area (Å²) < 4.78 is 6.13. The van der Waals surface area contributed by atoms with Gasteiger partial charge in [-0.05, 0) is 35.9 Å². The van der Waals surface area contributed by atoms with Gasteiger partial charge in [-0.3, -0.25) is 9.69 Å². The van der Waals surface area contributed by atoms with E-state index in [1.807, 2.05) is 30.0 Å². The SMILES string of the molecule is COc1ccc(/C=C/C(=O)c2ccc(Cl)s2)cc1CN1CCSCC1. The van der Waals surface area contributed by atoms with Gasteiger partial charge < -0.3 is 4.74 Å². The number of carbonyl (C=O) groups excluding carboxylic acids is 1. The minimum atomic E-state index is -0.0256. The molecule has 0 aliphatic carbocycles. The van der Waals surface area contributed by atoms with Gasteiger partial charge in [-0.15, -0.1) is 11.3 Å². The van der Waals surface area contributed by atoms with Gasteiger partial charge in [0.2, 0.25) is 0 Å². The van der Waals surface area contributed by atoms with Gasteiger partial charge in [-0.25, -0.2) is 0 Å². The van der Waals surface area contributed by atoms with E-state index in [-0.39, 0.29) is 5.78 Å². The molecule has 0 radical (unpaired) electrons. The number of halogens is 1. The van der Waals surface area contributed by atoms with Crippen LogP contribution in [0.15, 0.2) is 36.4 Å². The molecule has 1 aromatic carbocycles. The van der Waals surface area contributed by atoms with E-state index in [0.29, 0.717) is 9.21 Å².